The van der Waals surface area contributed by atoms with Crippen LogP contribution in [0.5, 0.6) is 5.75 Å². The zero-order chi connectivity index (χ0) is 17.5. The molecule has 0 aromatic heterocycles. The van der Waals surface area contributed by atoms with Gasteiger partial charge >= 0.3 is 11.7 Å². The Morgan fingerprint density at radius 2 is 1.88 bits per heavy atom. The van der Waals surface area contributed by atoms with Crippen molar-refractivity contribution in [3.63, 3.8) is 0 Å². The number of nitro groups is 1. The number of rotatable bonds is 5. The van der Waals surface area contributed by atoms with E-state index in [-0.39, 0.29) is 11.4 Å². The van der Waals surface area contributed by atoms with Gasteiger partial charge in [-0.25, -0.2) is 4.79 Å². The third-order valence-corrected chi connectivity index (χ3v) is 2.95. The van der Waals surface area contributed by atoms with E-state index in [2.05, 4.69) is 10.6 Å². The second kappa shape index (κ2) is 7.73. The highest BCUT2D eigenvalue weighted by atomic mass is 16.6. The first-order chi connectivity index (χ1) is 11.5. The summed E-state index contributed by atoms with van der Waals surface area (Å²) in [6, 6.07) is 12.2. The van der Waals surface area contributed by atoms with Gasteiger partial charge in [0.15, 0.2) is 12.4 Å². The summed E-state index contributed by atoms with van der Waals surface area (Å²) in [4.78, 5) is 33.7. The fraction of sp³-hybridized carbons (Fsp3) is 0.125. The monoisotopic (exact) mass is 329 g/mol. The van der Waals surface area contributed by atoms with E-state index in [1.165, 1.54) is 12.1 Å². The number of anilines is 1. The number of imide groups is 1. The van der Waals surface area contributed by atoms with E-state index in [9.17, 15) is 19.7 Å². The second-order valence-electron chi connectivity index (χ2n) is 4.89. The van der Waals surface area contributed by atoms with E-state index in [4.69, 9.17) is 4.74 Å². The molecule has 124 valence electrons. The van der Waals surface area contributed by atoms with Crippen LogP contribution in [0.25, 0.3) is 0 Å². The summed E-state index contributed by atoms with van der Waals surface area (Å²) in [6.45, 7) is 1.18. The molecule has 0 bridgehead atoms. The predicted molar refractivity (Wildman–Crippen MR) is 86.9 cm³/mol. The highest BCUT2D eigenvalue weighted by Crippen LogP contribution is 2.27. The summed E-state index contributed by atoms with van der Waals surface area (Å²) in [5, 5.41) is 15.5. The van der Waals surface area contributed by atoms with Crippen LogP contribution in [0.3, 0.4) is 0 Å². The normalized spacial score (nSPS) is 9.88. The van der Waals surface area contributed by atoms with Gasteiger partial charge in [-0.15, -0.1) is 0 Å². The van der Waals surface area contributed by atoms with Crippen molar-refractivity contribution in [3.8, 4) is 5.75 Å². The molecule has 0 atom stereocenters. The largest absolute Gasteiger partial charge is 0.477 e. The van der Waals surface area contributed by atoms with Crippen molar-refractivity contribution in [2.24, 2.45) is 0 Å². The summed E-state index contributed by atoms with van der Waals surface area (Å²) in [5.41, 5.74) is 0.982. The van der Waals surface area contributed by atoms with Gasteiger partial charge in [-0.1, -0.05) is 24.3 Å². The Morgan fingerprint density at radius 3 is 2.54 bits per heavy atom. The lowest BCUT2D eigenvalue weighted by molar-refractivity contribution is -0.385. The smallest absolute Gasteiger partial charge is 0.325 e. The number of nitro benzene ring substituents is 1. The number of hydrogen-bond donors (Lipinski definition) is 2. The van der Waals surface area contributed by atoms with E-state index in [0.717, 1.165) is 0 Å². The van der Waals surface area contributed by atoms with Crippen molar-refractivity contribution >= 4 is 23.3 Å². The number of amides is 3. The zero-order valence-corrected chi connectivity index (χ0v) is 12.8. The van der Waals surface area contributed by atoms with Crippen molar-refractivity contribution in [1.29, 1.82) is 0 Å². The standard InChI is InChI=1S/C16H15N3O5/c1-11-7-8-14(13(9-11)19(22)23)24-10-15(20)18-16(21)17-12-5-3-2-4-6-12/h2-9H,10H2,1H3,(H2,17,18,20,21). The Morgan fingerprint density at radius 1 is 1.17 bits per heavy atom. The molecule has 24 heavy (non-hydrogen) atoms. The molecule has 0 spiro atoms. The van der Waals surface area contributed by atoms with Crippen LogP contribution in [0, 0.1) is 17.0 Å². The van der Waals surface area contributed by atoms with E-state index < -0.39 is 23.5 Å². The lowest BCUT2D eigenvalue weighted by atomic mass is 10.2. The van der Waals surface area contributed by atoms with Gasteiger partial charge in [0.05, 0.1) is 4.92 Å². The fourth-order valence-electron chi connectivity index (χ4n) is 1.88. The molecule has 0 aliphatic rings. The van der Waals surface area contributed by atoms with E-state index >= 15 is 0 Å². The van der Waals surface area contributed by atoms with Crippen LogP contribution >= 0.6 is 0 Å². The molecule has 2 aromatic carbocycles. The number of aryl methyl sites for hydroxylation is 1. The van der Waals surface area contributed by atoms with Crippen molar-refractivity contribution in [2.45, 2.75) is 6.92 Å². The molecule has 0 heterocycles. The number of para-hydroxylation sites is 1. The fourth-order valence-corrected chi connectivity index (χ4v) is 1.88. The molecule has 0 aliphatic heterocycles. The molecule has 0 saturated carbocycles. The number of benzene rings is 2. The Kier molecular flexibility index (Phi) is 5.45. The zero-order valence-electron chi connectivity index (χ0n) is 12.8. The third kappa shape index (κ3) is 4.80. The summed E-state index contributed by atoms with van der Waals surface area (Å²) < 4.78 is 5.13. The molecule has 8 nitrogen and oxygen atoms in total. The first-order valence-electron chi connectivity index (χ1n) is 6.99. The van der Waals surface area contributed by atoms with Gasteiger partial charge in [-0.2, -0.15) is 0 Å². The maximum Gasteiger partial charge on any atom is 0.325 e. The van der Waals surface area contributed by atoms with Gasteiger partial charge in [0.1, 0.15) is 0 Å². The minimum Gasteiger partial charge on any atom is -0.477 e. The van der Waals surface area contributed by atoms with E-state index in [0.29, 0.717) is 11.3 Å². The maximum atomic E-state index is 11.7. The summed E-state index contributed by atoms with van der Waals surface area (Å²) in [5.74, 6) is -0.762. The molecule has 0 aliphatic carbocycles. The highest BCUT2D eigenvalue weighted by Gasteiger charge is 2.17. The minimum atomic E-state index is -0.724. The Bertz CT molecular complexity index is 762. The van der Waals surface area contributed by atoms with Gasteiger partial charge in [0, 0.05) is 11.8 Å². The van der Waals surface area contributed by atoms with Gasteiger partial charge < -0.3 is 10.1 Å². The molecule has 0 radical (unpaired) electrons. The SMILES string of the molecule is Cc1ccc(OCC(=O)NC(=O)Nc2ccccc2)c([N+](=O)[O-])c1. The Hall–Kier alpha value is -3.42. The van der Waals surface area contributed by atoms with Crippen LogP contribution in [-0.2, 0) is 4.79 Å². The summed E-state index contributed by atoms with van der Waals surface area (Å²) >= 11 is 0. The molecular formula is C16H15N3O5. The van der Waals surface area contributed by atoms with Crippen LogP contribution in [0.15, 0.2) is 48.5 Å². The molecule has 2 N–H and O–H groups in total. The molecular weight excluding hydrogens is 314 g/mol. The summed E-state index contributed by atoms with van der Waals surface area (Å²) in [6.07, 6.45) is 0. The summed E-state index contributed by atoms with van der Waals surface area (Å²) in [7, 11) is 0. The molecule has 0 saturated heterocycles. The minimum absolute atomic E-state index is 0.0378. The Balaban J connectivity index is 1.89. The van der Waals surface area contributed by atoms with Crippen LogP contribution in [-0.4, -0.2) is 23.5 Å². The van der Waals surface area contributed by atoms with Gasteiger partial charge in [0.2, 0.25) is 0 Å². The number of carbonyl (C=O) groups excluding carboxylic acids is 2. The molecule has 3 amide bonds. The predicted octanol–water partition coefficient (Wildman–Crippen LogP) is 2.63. The third-order valence-electron chi connectivity index (χ3n) is 2.95. The first-order valence-corrected chi connectivity index (χ1v) is 6.99. The van der Waals surface area contributed by atoms with Gasteiger partial charge in [0.25, 0.3) is 5.91 Å². The number of carbonyl (C=O) groups is 2. The van der Waals surface area contributed by atoms with Crippen molar-refractivity contribution < 1.29 is 19.2 Å². The van der Waals surface area contributed by atoms with Crippen LogP contribution < -0.4 is 15.4 Å². The van der Waals surface area contributed by atoms with E-state index in [1.54, 1.807) is 43.3 Å². The lowest BCUT2D eigenvalue weighted by Gasteiger charge is -2.08. The number of ether oxygens (including phenoxy) is 1. The second-order valence-corrected chi connectivity index (χ2v) is 4.89. The average molecular weight is 329 g/mol. The van der Waals surface area contributed by atoms with Gasteiger partial charge in [-0.05, 0) is 30.7 Å². The maximum absolute atomic E-state index is 11.7. The Labute approximate surface area is 137 Å². The highest BCUT2D eigenvalue weighted by molar-refractivity contribution is 6.01. The lowest BCUT2D eigenvalue weighted by Crippen LogP contribution is -2.37. The van der Waals surface area contributed by atoms with E-state index in [1.807, 2.05) is 0 Å². The number of nitrogens with one attached hydrogen (secondary N) is 2. The van der Waals surface area contributed by atoms with Crippen LogP contribution in [0.4, 0.5) is 16.2 Å². The molecule has 2 aromatic rings. The van der Waals surface area contributed by atoms with Crippen LogP contribution in [0.1, 0.15) is 5.56 Å². The van der Waals surface area contributed by atoms with Crippen molar-refractivity contribution in [2.75, 3.05) is 11.9 Å². The quantitative estimate of drug-likeness (QED) is 0.647. The number of hydrogen-bond acceptors (Lipinski definition) is 5. The molecule has 0 fully saturated rings. The van der Waals surface area contributed by atoms with Crippen LogP contribution in [0.2, 0.25) is 0 Å². The van der Waals surface area contributed by atoms with Crippen molar-refractivity contribution in [1.82, 2.24) is 5.32 Å². The molecule has 2 rings (SSSR count). The van der Waals surface area contributed by atoms with Gasteiger partial charge in [-0.3, -0.25) is 20.2 Å². The topological polar surface area (TPSA) is 111 Å². The first kappa shape index (κ1) is 16.9. The molecule has 8 heteroatoms. The van der Waals surface area contributed by atoms with Crippen molar-refractivity contribution in [3.05, 3.63) is 64.2 Å². The number of urea groups is 1. The average Bonchev–Trinajstić information content (AvgIpc) is 2.54. The number of nitrogens with zero attached hydrogens (tertiary/aromatic N) is 1. The molecule has 0 unspecified atom stereocenters.